The van der Waals surface area contributed by atoms with Crippen molar-refractivity contribution in [1.82, 2.24) is 24.1 Å². The molecule has 3 aromatic rings. The van der Waals surface area contributed by atoms with Gasteiger partial charge in [-0.25, -0.2) is 4.98 Å². The molecule has 4 rings (SSSR count). The monoisotopic (exact) mass is 367 g/mol. The van der Waals surface area contributed by atoms with E-state index in [1.165, 1.54) is 4.40 Å². The summed E-state index contributed by atoms with van der Waals surface area (Å²) < 4.78 is 3.10. The first-order valence-electron chi connectivity index (χ1n) is 9.03. The molecular formula is C19H21N5O3. The second-order valence-electron chi connectivity index (χ2n) is 6.90. The van der Waals surface area contributed by atoms with E-state index in [9.17, 15) is 9.59 Å². The van der Waals surface area contributed by atoms with Crippen LogP contribution in [-0.2, 0) is 17.9 Å². The normalized spacial score (nSPS) is 18.0. The van der Waals surface area contributed by atoms with Gasteiger partial charge in [0.15, 0.2) is 0 Å². The maximum atomic E-state index is 12.3. The number of rotatable bonds is 5. The number of aliphatic carboxylic acids is 1. The molecule has 8 heteroatoms. The molecule has 27 heavy (non-hydrogen) atoms. The predicted octanol–water partition coefficient (Wildman–Crippen LogP) is 1.36. The van der Waals surface area contributed by atoms with Crippen molar-refractivity contribution < 1.29 is 9.90 Å². The Morgan fingerprint density at radius 1 is 1.30 bits per heavy atom. The van der Waals surface area contributed by atoms with Crippen LogP contribution in [0.25, 0.3) is 5.65 Å². The van der Waals surface area contributed by atoms with E-state index in [1.54, 1.807) is 23.1 Å². The number of pyridine rings is 1. The third-order valence-electron chi connectivity index (χ3n) is 4.97. The summed E-state index contributed by atoms with van der Waals surface area (Å²) in [6.07, 6.45) is 5.38. The second-order valence-corrected chi connectivity index (χ2v) is 6.90. The molecule has 1 aliphatic heterocycles. The number of likely N-dealkylation sites (tertiary alicyclic amines) is 1. The lowest BCUT2D eigenvalue weighted by Gasteiger charge is -2.32. The largest absolute Gasteiger partial charge is 0.480 e. The molecule has 140 valence electrons. The smallest absolute Gasteiger partial charge is 0.325 e. The Morgan fingerprint density at radius 2 is 2.19 bits per heavy atom. The van der Waals surface area contributed by atoms with E-state index in [1.807, 2.05) is 24.3 Å². The molecule has 1 N–H and O–H groups in total. The number of carboxylic acids is 1. The summed E-state index contributed by atoms with van der Waals surface area (Å²) in [4.78, 5) is 30.2. The van der Waals surface area contributed by atoms with Crippen LogP contribution in [-0.4, -0.2) is 48.2 Å². The Kier molecular flexibility index (Phi) is 4.72. The van der Waals surface area contributed by atoms with Crippen molar-refractivity contribution in [1.29, 1.82) is 0 Å². The second kappa shape index (κ2) is 7.32. The zero-order valence-corrected chi connectivity index (χ0v) is 14.9. The van der Waals surface area contributed by atoms with Crippen LogP contribution < -0.4 is 5.56 Å². The van der Waals surface area contributed by atoms with Gasteiger partial charge < -0.3 is 5.11 Å². The van der Waals surface area contributed by atoms with Gasteiger partial charge in [-0.3, -0.25) is 23.6 Å². The molecule has 0 aliphatic carbocycles. The molecule has 0 saturated carbocycles. The van der Waals surface area contributed by atoms with Crippen molar-refractivity contribution in [3.8, 4) is 0 Å². The molecule has 1 aliphatic rings. The molecule has 1 fully saturated rings. The minimum Gasteiger partial charge on any atom is -0.480 e. The third kappa shape index (κ3) is 3.75. The van der Waals surface area contributed by atoms with Gasteiger partial charge in [-0.2, -0.15) is 5.10 Å². The van der Waals surface area contributed by atoms with Crippen LogP contribution in [0.1, 0.15) is 30.1 Å². The molecule has 4 heterocycles. The first kappa shape index (κ1) is 17.4. The molecule has 3 aromatic heterocycles. The van der Waals surface area contributed by atoms with Gasteiger partial charge in [0.25, 0.3) is 5.56 Å². The predicted molar refractivity (Wildman–Crippen MR) is 98.6 cm³/mol. The third-order valence-corrected chi connectivity index (χ3v) is 4.97. The van der Waals surface area contributed by atoms with Crippen molar-refractivity contribution >= 4 is 11.6 Å². The Bertz CT molecular complexity index is 1030. The fourth-order valence-electron chi connectivity index (χ4n) is 3.80. The number of hydrogen-bond acceptors (Lipinski definition) is 5. The highest BCUT2D eigenvalue weighted by Crippen LogP contribution is 2.27. The lowest BCUT2D eigenvalue weighted by Crippen LogP contribution is -2.35. The minimum absolute atomic E-state index is 0.0799. The van der Waals surface area contributed by atoms with E-state index in [0.717, 1.165) is 37.3 Å². The van der Waals surface area contributed by atoms with Crippen LogP contribution in [0.3, 0.4) is 0 Å². The topological polar surface area (TPSA) is 92.7 Å². The highest BCUT2D eigenvalue weighted by atomic mass is 16.4. The summed E-state index contributed by atoms with van der Waals surface area (Å²) >= 11 is 0. The van der Waals surface area contributed by atoms with Gasteiger partial charge >= 0.3 is 5.97 Å². The number of fused-ring (bicyclic) bond motifs is 1. The van der Waals surface area contributed by atoms with E-state index in [-0.39, 0.29) is 18.0 Å². The highest BCUT2D eigenvalue weighted by molar-refractivity contribution is 5.66. The number of carbonyl (C=O) groups is 1. The van der Waals surface area contributed by atoms with Crippen molar-refractivity contribution in [3.05, 3.63) is 64.5 Å². The van der Waals surface area contributed by atoms with Gasteiger partial charge in [0.05, 0.1) is 5.69 Å². The molecule has 0 bridgehead atoms. The molecule has 0 aromatic carbocycles. The van der Waals surface area contributed by atoms with Gasteiger partial charge in [0.1, 0.15) is 12.2 Å². The molecule has 1 atom stereocenters. The van der Waals surface area contributed by atoms with Gasteiger partial charge in [-0.05, 0) is 37.6 Å². The fraction of sp³-hybridized carbons (Fsp3) is 0.368. The lowest BCUT2D eigenvalue weighted by molar-refractivity contribution is -0.137. The van der Waals surface area contributed by atoms with E-state index in [0.29, 0.717) is 12.2 Å². The number of nitrogens with zero attached hydrogens (tertiary/aromatic N) is 5. The van der Waals surface area contributed by atoms with Gasteiger partial charge in [0.2, 0.25) is 0 Å². The first-order valence-corrected chi connectivity index (χ1v) is 9.03. The number of hydrogen-bond donors (Lipinski definition) is 1. The SMILES string of the molecule is O=C(O)Cn1nccc1C1CCCN(Cc2cc(=O)n3ccccc3n2)C1. The number of aromatic nitrogens is 4. The molecule has 8 nitrogen and oxygen atoms in total. The Balaban J connectivity index is 1.52. The average Bonchev–Trinajstić information content (AvgIpc) is 3.09. The summed E-state index contributed by atoms with van der Waals surface area (Å²) in [5, 5.41) is 13.2. The van der Waals surface area contributed by atoms with E-state index in [2.05, 4.69) is 15.0 Å². The van der Waals surface area contributed by atoms with Gasteiger partial charge in [-0.1, -0.05) is 6.07 Å². The maximum absolute atomic E-state index is 12.3. The number of carboxylic acid groups (broad SMARTS) is 1. The van der Waals surface area contributed by atoms with E-state index < -0.39 is 5.97 Å². The van der Waals surface area contributed by atoms with Crippen molar-refractivity contribution in [2.75, 3.05) is 13.1 Å². The summed E-state index contributed by atoms with van der Waals surface area (Å²) in [5.41, 5.74) is 2.27. The minimum atomic E-state index is -0.895. The molecule has 0 radical (unpaired) electrons. The van der Waals surface area contributed by atoms with Crippen LogP contribution >= 0.6 is 0 Å². The summed E-state index contributed by atoms with van der Waals surface area (Å²) in [7, 11) is 0. The van der Waals surface area contributed by atoms with Gasteiger partial charge in [0, 0.05) is 43.2 Å². The maximum Gasteiger partial charge on any atom is 0.325 e. The summed E-state index contributed by atoms with van der Waals surface area (Å²) in [6.45, 7) is 2.20. The zero-order chi connectivity index (χ0) is 18.8. The Labute approximate surface area is 155 Å². The highest BCUT2D eigenvalue weighted by Gasteiger charge is 2.25. The van der Waals surface area contributed by atoms with Crippen molar-refractivity contribution in [2.24, 2.45) is 0 Å². The first-order chi connectivity index (χ1) is 13.1. The van der Waals surface area contributed by atoms with E-state index in [4.69, 9.17) is 5.11 Å². The molecule has 0 amide bonds. The fourth-order valence-corrected chi connectivity index (χ4v) is 3.80. The van der Waals surface area contributed by atoms with Crippen LogP contribution in [0.2, 0.25) is 0 Å². The lowest BCUT2D eigenvalue weighted by atomic mass is 9.94. The quantitative estimate of drug-likeness (QED) is 0.732. The standard InChI is InChI=1S/C19H21N5O3/c25-18-10-15(21-17-5-1-2-9-23(17)18)12-22-8-3-4-14(11-22)16-6-7-20-24(16)13-19(26)27/h1-2,5-7,9-10,14H,3-4,8,11-13H2,(H,26,27). The Morgan fingerprint density at radius 3 is 3.04 bits per heavy atom. The van der Waals surface area contributed by atoms with Crippen LogP contribution in [0.4, 0.5) is 0 Å². The average molecular weight is 367 g/mol. The molecule has 1 unspecified atom stereocenters. The summed E-state index contributed by atoms with van der Waals surface area (Å²) in [6, 6.07) is 8.99. The van der Waals surface area contributed by atoms with E-state index >= 15 is 0 Å². The molecule has 0 spiro atoms. The Hall–Kier alpha value is -3.00. The molecular weight excluding hydrogens is 346 g/mol. The van der Waals surface area contributed by atoms with Crippen molar-refractivity contribution in [2.45, 2.75) is 31.8 Å². The summed E-state index contributed by atoms with van der Waals surface area (Å²) in [5.74, 6) is -0.671. The van der Waals surface area contributed by atoms with Gasteiger partial charge in [-0.15, -0.1) is 0 Å². The molecule has 1 saturated heterocycles. The number of piperidine rings is 1. The zero-order valence-electron chi connectivity index (χ0n) is 14.9. The van der Waals surface area contributed by atoms with Crippen LogP contribution in [0.15, 0.2) is 47.5 Å². The van der Waals surface area contributed by atoms with Crippen molar-refractivity contribution in [3.63, 3.8) is 0 Å². The van der Waals surface area contributed by atoms with Crippen LogP contribution in [0.5, 0.6) is 0 Å². The van der Waals surface area contributed by atoms with Crippen LogP contribution in [0, 0.1) is 0 Å².